The van der Waals surface area contributed by atoms with Crippen LogP contribution in [0.5, 0.6) is 0 Å². The van der Waals surface area contributed by atoms with E-state index < -0.39 is 17.5 Å². The Balaban J connectivity index is 0.00000245. The van der Waals surface area contributed by atoms with Gasteiger partial charge >= 0.3 is 0 Å². The van der Waals surface area contributed by atoms with E-state index in [1.807, 2.05) is 26.0 Å². The minimum Gasteiger partial charge on any atom is -0.304 e. The zero-order valence-electron chi connectivity index (χ0n) is 17.3. The van der Waals surface area contributed by atoms with E-state index in [1.165, 1.54) is 30.3 Å². The number of halogens is 3. The van der Waals surface area contributed by atoms with Gasteiger partial charge in [0.1, 0.15) is 17.5 Å². The van der Waals surface area contributed by atoms with Crippen LogP contribution in [0, 0.1) is 37.4 Å². The van der Waals surface area contributed by atoms with Crippen molar-refractivity contribution < 1.29 is 33.3 Å². The van der Waals surface area contributed by atoms with Crippen LogP contribution < -0.4 is 0 Å². The van der Waals surface area contributed by atoms with Gasteiger partial charge < -0.3 is 4.98 Å². The molecule has 0 fully saturated rings. The fourth-order valence-corrected chi connectivity index (χ4v) is 4.18. The average molecular weight is 605 g/mol. The van der Waals surface area contributed by atoms with Gasteiger partial charge in [-0.15, -0.1) is 34.9 Å². The molecule has 0 saturated heterocycles. The first-order chi connectivity index (χ1) is 14.9. The number of rotatable bonds is 2. The molecule has 0 aliphatic rings. The first kappa shape index (κ1) is 22.2. The molecule has 0 atom stereocenters. The molecule has 0 saturated carbocycles. The van der Waals surface area contributed by atoms with Gasteiger partial charge in [0.25, 0.3) is 0 Å². The second kappa shape index (κ2) is 8.50. The molecular formula is C27H17F3IrN-. The van der Waals surface area contributed by atoms with E-state index in [-0.39, 0.29) is 25.7 Å². The van der Waals surface area contributed by atoms with Gasteiger partial charge in [0.2, 0.25) is 0 Å². The fourth-order valence-electron chi connectivity index (χ4n) is 4.18. The molecule has 0 spiro atoms. The van der Waals surface area contributed by atoms with Crippen molar-refractivity contribution in [3.63, 3.8) is 0 Å². The summed E-state index contributed by atoms with van der Waals surface area (Å²) in [6, 6.07) is 19.0. The van der Waals surface area contributed by atoms with Crippen LogP contribution >= 0.6 is 0 Å². The summed E-state index contributed by atoms with van der Waals surface area (Å²) in [5.41, 5.74) is 3.77. The third-order valence-electron chi connectivity index (χ3n) is 5.49. The Kier molecular flexibility index (Phi) is 5.89. The van der Waals surface area contributed by atoms with Gasteiger partial charge in [0.05, 0.1) is 5.56 Å². The molecule has 5 heteroatoms. The van der Waals surface area contributed by atoms with E-state index in [0.29, 0.717) is 21.7 Å². The average Bonchev–Trinajstić information content (AvgIpc) is 2.74. The van der Waals surface area contributed by atoms with Crippen molar-refractivity contribution >= 4 is 21.5 Å². The van der Waals surface area contributed by atoms with Crippen molar-refractivity contribution in [3.8, 4) is 22.4 Å². The standard InChI is InChI=1S/C27H17F3N.Ir/c1-15-11-16(2)13-18(12-15)27-22-8-7-21-23(20(22)9-10-31-27)14-24(29)25(26(21)30)17-3-5-19(28)6-4-17;/h3-12,14H,1-2H3;/q-1;. The number of hydrogen-bond donors (Lipinski definition) is 0. The van der Waals surface area contributed by atoms with E-state index >= 15 is 8.78 Å². The van der Waals surface area contributed by atoms with Gasteiger partial charge in [-0.2, -0.15) is 0 Å². The van der Waals surface area contributed by atoms with Gasteiger partial charge in [0.15, 0.2) is 0 Å². The maximum atomic E-state index is 15.4. The van der Waals surface area contributed by atoms with Crippen LogP contribution in [0.15, 0.2) is 66.9 Å². The van der Waals surface area contributed by atoms with Gasteiger partial charge in [-0.25, -0.2) is 13.2 Å². The second-order valence-corrected chi connectivity index (χ2v) is 7.72. The van der Waals surface area contributed by atoms with Crippen LogP contribution in [0.1, 0.15) is 11.1 Å². The molecule has 5 rings (SSSR count). The number of nitrogens with zero attached hydrogens (tertiary/aromatic N) is 1. The smallest absolute Gasteiger partial charge is 0.141 e. The predicted octanol–water partition coefficient (Wildman–Crippen LogP) is 7.55. The maximum absolute atomic E-state index is 15.4. The molecule has 32 heavy (non-hydrogen) atoms. The Morgan fingerprint density at radius 2 is 1.47 bits per heavy atom. The number of benzene rings is 4. The monoisotopic (exact) mass is 605 g/mol. The quantitative estimate of drug-likeness (QED) is 0.150. The van der Waals surface area contributed by atoms with Crippen LogP contribution in [-0.4, -0.2) is 4.98 Å². The topological polar surface area (TPSA) is 12.9 Å². The number of aryl methyl sites for hydroxylation is 2. The maximum Gasteiger partial charge on any atom is 0.141 e. The van der Waals surface area contributed by atoms with Crippen molar-refractivity contribution in [2.24, 2.45) is 0 Å². The number of fused-ring (bicyclic) bond motifs is 3. The van der Waals surface area contributed by atoms with Gasteiger partial charge in [-0.05, 0) is 51.7 Å². The Labute approximate surface area is 197 Å². The second-order valence-electron chi connectivity index (χ2n) is 7.72. The van der Waals surface area contributed by atoms with Crippen LogP contribution in [-0.2, 0) is 20.1 Å². The molecule has 1 aromatic heterocycles. The Morgan fingerprint density at radius 3 is 2.19 bits per heavy atom. The molecule has 0 bridgehead atoms. The summed E-state index contributed by atoms with van der Waals surface area (Å²) < 4.78 is 43.7. The van der Waals surface area contributed by atoms with E-state index in [1.54, 1.807) is 24.4 Å². The van der Waals surface area contributed by atoms with Crippen molar-refractivity contribution in [1.29, 1.82) is 0 Å². The Morgan fingerprint density at radius 1 is 0.750 bits per heavy atom. The zero-order valence-corrected chi connectivity index (χ0v) is 19.7. The Bertz CT molecular complexity index is 1460. The van der Waals surface area contributed by atoms with E-state index in [4.69, 9.17) is 0 Å². The third kappa shape index (κ3) is 3.72. The minimum absolute atomic E-state index is 0. The molecule has 0 aliphatic heterocycles. The number of pyridine rings is 1. The van der Waals surface area contributed by atoms with Gasteiger partial charge in [-0.1, -0.05) is 38.1 Å². The van der Waals surface area contributed by atoms with Crippen LogP contribution in [0.4, 0.5) is 13.2 Å². The predicted molar refractivity (Wildman–Crippen MR) is 118 cm³/mol. The molecule has 0 unspecified atom stereocenters. The molecular weight excluding hydrogens is 588 g/mol. The molecule has 1 radical (unpaired) electrons. The first-order valence-corrected chi connectivity index (χ1v) is 9.88. The number of hydrogen-bond acceptors (Lipinski definition) is 1. The van der Waals surface area contributed by atoms with Crippen LogP contribution in [0.25, 0.3) is 43.9 Å². The minimum atomic E-state index is -0.694. The van der Waals surface area contributed by atoms with Gasteiger partial charge in [0, 0.05) is 31.7 Å². The summed E-state index contributed by atoms with van der Waals surface area (Å²) in [5.74, 6) is -1.82. The molecule has 1 nitrogen and oxygen atoms in total. The summed E-state index contributed by atoms with van der Waals surface area (Å²) in [5, 5.41) is 2.27. The number of aromatic nitrogens is 1. The van der Waals surface area contributed by atoms with Crippen LogP contribution in [0.2, 0.25) is 0 Å². The summed E-state index contributed by atoms with van der Waals surface area (Å²) in [7, 11) is 0. The molecule has 1 heterocycles. The SMILES string of the molecule is Cc1[c-]c(-c2nccc3c2ccc2c(F)c(-c4ccc(F)cc4)c(F)cc23)cc(C)c1.[Ir]. The van der Waals surface area contributed by atoms with E-state index in [2.05, 4.69) is 11.1 Å². The molecule has 5 aromatic rings. The molecule has 0 aliphatic carbocycles. The first-order valence-electron chi connectivity index (χ1n) is 9.88. The molecule has 0 N–H and O–H groups in total. The summed E-state index contributed by atoms with van der Waals surface area (Å²) >= 11 is 0. The molecule has 0 amide bonds. The summed E-state index contributed by atoms with van der Waals surface area (Å²) in [6.07, 6.45) is 1.65. The summed E-state index contributed by atoms with van der Waals surface area (Å²) in [6.45, 7) is 3.98. The molecule has 4 aromatic carbocycles. The third-order valence-corrected chi connectivity index (χ3v) is 5.49. The van der Waals surface area contributed by atoms with E-state index in [9.17, 15) is 4.39 Å². The molecule has 161 valence electrons. The van der Waals surface area contributed by atoms with Crippen molar-refractivity contribution in [1.82, 2.24) is 4.98 Å². The van der Waals surface area contributed by atoms with Crippen molar-refractivity contribution in [3.05, 3.63) is 102 Å². The van der Waals surface area contributed by atoms with Crippen LogP contribution in [0.3, 0.4) is 0 Å². The summed E-state index contributed by atoms with van der Waals surface area (Å²) in [4.78, 5) is 4.53. The normalized spacial score (nSPS) is 11.0. The Hall–Kier alpha value is -3.01. The fraction of sp³-hybridized carbons (Fsp3) is 0.0741. The largest absolute Gasteiger partial charge is 0.304 e. The van der Waals surface area contributed by atoms with Crippen molar-refractivity contribution in [2.45, 2.75) is 13.8 Å². The van der Waals surface area contributed by atoms with E-state index in [0.717, 1.165) is 27.8 Å². The van der Waals surface area contributed by atoms with Gasteiger partial charge in [-0.3, -0.25) is 0 Å². The van der Waals surface area contributed by atoms with Crippen molar-refractivity contribution in [2.75, 3.05) is 0 Å². The zero-order chi connectivity index (χ0) is 21.7.